The van der Waals surface area contributed by atoms with Crippen molar-refractivity contribution in [2.45, 2.75) is 51.0 Å². The van der Waals surface area contributed by atoms with E-state index >= 15 is 0 Å². The molecule has 2 aromatic carbocycles. The molecule has 1 fully saturated rings. The number of rotatable bonds is 5. The summed E-state index contributed by atoms with van der Waals surface area (Å²) in [6.07, 6.45) is -6.38. The Labute approximate surface area is 157 Å². The van der Waals surface area contributed by atoms with Gasteiger partial charge in [-0.25, -0.2) is 0 Å². The molecular formula is C21H24F3NO2. The van der Waals surface area contributed by atoms with Gasteiger partial charge in [-0.3, -0.25) is 4.90 Å². The lowest BCUT2D eigenvalue weighted by Crippen LogP contribution is -2.60. The summed E-state index contributed by atoms with van der Waals surface area (Å²) in [5.41, 5.74) is 1.89. The minimum atomic E-state index is -4.47. The first-order valence-corrected chi connectivity index (χ1v) is 8.95. The summed E-state index contributed by atoms with van der Waals surface area (Å²) in [7, 11) is 0. The Kier molecular flexibility index (Phi) is 5.89. The third-order valence-electron chi connectivity index (χ3n) is 4.61. The van der Waals surface area contributed by atoms with Gasteiger partial charge in [-0.05, 0) is 25.0 Å². The van der Waals surface area contributed by atoms with Gasteiger partial charge in [0.25, 0.3) is 0 Å². The first-order valence-electron chi connectivity index (χ1n) is 8.95. The van der Waals surface area contributed by atoms with Crippen LogP contribution < -0.4 is 0 Å². The van der Waals surface area contributed by atoms with Crippen LogP contribution in [0, 0.1) is 0 Å². The smallest absolute Gasteiger partial charge is 0.349 e. The monoisotopic (exact) mass is 379 g/mol. The lowest BCUT2D eigenvalue weighted by Gasteiger charge is -2.45. The van der Waals surface area contributed by atoms with E-state index in [9.17, 15) is 13.2 Å². The van der Waals surface area contributed by atoms with Crippen molar-refractivity contribution < 1.29 is 22.6 Å². The Hall–Kier alpha value is -1.89. The maximum absolute atomic E-state index is 13.8. The van der Waals surface area contributed by atoms with E-state index in [0.717, 1.165) is 11.1 Å². The highest BCUT2D eigenvalue weighted by Gasteiger charge is 2.53. The van der Waals surface area contributed by atoms with Crippen molar-refractivity contribution in [2.24, 2.45) is 0 Å². The summed E-state index contributed by atoms with van der Waals surface area (Å²) in [6, 6.07) is 18.0. The van der Waals surface area contributed by atoms with Crippen molar-refractivity contribution in [1.29, 1.82) is 0 Å². The molecule has 3 rings (SSSR count). The van der Waals surface area contributed by atoms with Gasteiger partial charge >= 0.3 is 6.18 Å². The number of ether oxygens (including phenoxy) is 2. The molecule has 0 aliphatic carbocycles. The number of hydrogen-bond donors (Lipinski definition) is 0. The van der Waals surface area contributed by atoms with Crippen LogP contribution in [0.25, 0.3) is 0 Å². The third-order valence-corrected chi connectivity index (χ3v) is 4.61. The zero-order valence-corrected chi connectivity index (χ0v) is 15.4. The van der Waals surface area contributed by atoms with E-state index in [2.05, 4.69) is 0 Å². The van der Waals surface area contributed by atoms with Crippen LogP contribution in [0.4, 0.5) is 13.2 Å². The number of hydrogen-bond acceptors (Lipinski definition) is 3. The van der Waals surface area contributed by atoms with Gasteiger partial charge in [0.05, 0.1) is 12.6 Å². The molecule has 0 aromatic heterocycles. The Morgan fingerprint density at radius 2 is 1.41 bits per heavy atom. The number of nitrogens with zero attached hydrogens (tertiary/aromatic N) is 1. The van der Waals surface area contributed by atoms with Gasteiger partial charge in [-0.2, -0.15) is 13.2 Å². The average molecular weight is 379 g/mol. The van der Waals surface area contributed by atoms with E-state index in [-0.39, 0.29) is 6.61 Å². The normalized spacial score (nSPS) is 22.7. The van der Waals surface area contributed by atoms with Gasteiger partial charge in [0.2, 0.25) is 0 Å². The number of alkyl halides is 3. The minimum Gasteiger partial charge on any atom is -0.349 e. The van der Waals surface area contributed by atoms with Crippen LogP contribution in [-0.4, -0.2) is 35.6 Å². The lowest BCUT2D eigenvalue weighted by atomic mass is 10.0. The number of benzene rings is 2. The maximum Gasteiger partial charge on any atom is 0.416 e. The van der Waals surface area contributed by atoms with Crippen LogP contribution in [0.1, 0.15) is 25.0 Å². The highest BCUT2D eigenvalue weighted by molar-refractivity contribution is 5.17. The van der Waals surface area contributed by atoms with Crippen LogP contribution in [0.15, 0.2) is 60.7 Å². The Bertz CT molecular complexity index is 678. The fourth-order valence-corrected chi connectivity index (χ4v) is 3.30. The standard InChI is InChI=1S/C21H24F3NO2/c1-20(2)26-15-18(19(27-20)21(22,23)24)25(13-16-9-5-3-6-10-16)14-17-11-7-4-8-12-17/h3-12,18-19H,13-15H2,1-2H3/t18-,19+/m0/s1. The molecule has 27 heavy (non-hydrogen) atoms. The second-order valence-corrected chi connectivity index (χ2v) is 7.23. The summed E-state index contributed by atoms with van der Waals surface area (Å²) >= 11 is 0. The van der Waals surface area contributed by atoms with Crippen LogP contribution in [0.5, 0.6) is 0 Å². The molecule has 146 valence electrons. The zero-order chi connectivity index (χ0) is 19.5. The summed E-state index contributed by atoms with van der Waals surface area (Å²) in [5.74, 6) is -1.26. The molecule has 1 aliphatic rings. The van der Waals surface area contributed by atoms with Crippen molar-refractivity contribution >= 4 is 0 Å². The minimum absolute atomic E-state index is 0.0448. The molecule has 1 aliphatic heterocycles. The molecule has 2 atom stereocenters. The van der Waals surface area contributed by atoms with Gasteiger partial charge in [0.1, 0.15) is 0 Å². The van der Waals surface area contributed by atoms with E-state index < -0.39 is 24.1 Å². The summed E-state index contributed by atoms with van der Waals surface area (Å²) in [6.45, 7) is 3.73. The Balaban J connectivity index is 1.89. The molecule has 0 amide bonds. The third kappa shape index (κ3) is 5.31. The predicted molar refractivity (Wildman–Crippen MR) is 96.9 cm³/mol. The molecule has 1 saturated heterocycles. The van der Waals surface area contributed by atoms with Crippen molar-refractivity contribution in [1.82, 2.24) is 4.90 Å². The van der Waals surface area contributed by atoms with Crippen molar-refractivity contribution in [3.63, 3.8) is 0 Å². The van der Waals surface area contributed by atoms with Gasteiger partial charge in [0, 0.05) is 13.1 Å². The second-order valence-electron chi connectivity index (χ2n) is 7.23. The molecule has 2 aromatic rings. The van der Waals surface area contributed by atoms with Gasteiger partial charge in [0.15, 0.2) is 11.9 Å². The molecular weight excluding hydrogens is 355 g/mol. The fourth-order valence-electron chi connectivity index (χ4n) is 3.30. The largest absolute Gasteiger partial charge is 0.416 e. The summed E-state index contributed by atoms with van der Waals surface area (Å²) < 4.78 is 52.2. The summed E-state index contributed by atoms with van der Waals surface area (Å²) in [4.78, 5) is 1.79. The first-order chi connectivity index (χ1) is 12.7. The van der Waals surface area contributed by atoms with E-state index in [0.29, 0.717) is 13.1 Å². The van der Waals surface area contributed by atoms with Crippen LogP contribution in [-0.2, 0) is 22.6 Å². The molecule has 6 heteroatoms. The molecule has 0 N–H and O–H groups in total. The average Bonchev–Trinajstić information content (AvgIpc) is 2.61. The fraction of sp³-hybridized carbons (Fsp3) is 0.429. The molecule has 0 radical (unpaired) electrons. The zero-order valence-electron chi connectivity index (χ0n) is 15.4. The van der Waals surface area contributed by atoms with Gasteiger partial charge in [-0.1, -0.05) is 60.7 Å². The first kappa shape index (κ1) is 19.9. The molecule has 0 bridgehead atoms. The molecule has 1 heterocycles. The quantitative estimate of drug-likeness (QED) is 0.747. The molecule has 3 nitrogen and oxygen atoms in total. The van der Waals surface area contributed by atoms with Crippen molar-refractivity contribution in [3.8, 4) is 0 Å². The van der Waals surface area contributed by atoms with E-state index in [1.807, 2.05) is 60.7 Å². The Morgan fingerprint density at radius 1 is 0.926 bits per heavy atom. The highest BCUT2D eigenvalue weighted by Crippen LogP contribution is 2.36. The SMILES string of the molecule is CC1(C)OC[C@H](N(Cc2ccccc2)Cc2ccccc2)[C@H](C(F)(F)F)O1. The van der Waals surface area contributed by atoms with Crippen LogP contribution in [0.2, 0.25) is 0 Å². The highest BCUT2D eigenvalue weighted by atomic mass is 19.4. The number of halogens is 3. The van der Waals surface area contributed by atoms with E-state index in [4.69, 9.17) is 9.47 Å². The van der Waals surface area contributed by atoms with Gasteiger partial charge < -0.3 is 9.47 Å². The topological polar surface area (TPSA) is 21.7 Å². The predicted octanol–water partition coefficient (Wildman–Crippen LogP) is 4.77. The van der Waals surface area contributed by atoms with Crippen LogP contribution in [0.3, 0.4) is 0 Å². The lowest BCUT2D eigenvalue weighted by molar-refractivity contribution is -0.356. The van der Waals surface area contributed by atoms with Crippen molar-refractivity contribution in [2.75, 3.05) is 6.61 Å². The molecule has 0 spiro atoms. The molecule has 0 saturated carbocycles. The summed E-state index contributed by atoms with van der Waals surface area (Å²) in [5, 5.41) is 0. The van der Waals surface area contributed by atoms with E-state index in [1.54, 1.807) is 4.90 Å². The van der Waals surface area contributed by atoms with Gasteiger partial charge in [-0.15, -0.1) is 0 Å². The Morgan fingerprint density at radius 3 is 1.85 bits per heavy atom. The maximum atomic E-state index is 13.8. The van der Waals surface area contributed by atoms with E-state index in [1.165, 1.54) is 13.8 Å². The second kappa shape index (κ2) is 8.00. The van der Waals surface area contributed by atoms with Crippen molar-refractivity contribution in [3.05, 3.63) is 71.8 Å². The van der Waals surface area contributed by atoms with Crippen LogP contribution >= 0.6 is 0 Å². The molecule has 0 unspecified atom stereocenters.